The van der Waals surface area contributed by atoms with Gasteiger partial charge < -0.3 is 9.80 Å². The molecule has 4 rings (SSSR count). The van der Waals surface area contributed by atoms with Crippen LogP contribution in [0.15, 0.2) is 48.5 Å². The molecule has 0 atom stereocenters. The van der Waals surface area contributed by atoms with Crippen LogP contribution in [0.2, 0.25) is 0 Å². The lowest BCUT2D eigenvalue weighted by Crippen LogP contribution is -2.35. The number of carbonyl (C=O) groups excluding carboxylic acids is 1. The summed E-state index contributed by atoms with van der Waals surface area (Å²) in [5.41, 5.74) is 4.14. The van der Waals surface area contributed by atoms with Gasteiger partial charge in [0.2, 0.25) is 0 Å². The van der Waals surface area contributed by atoms with Crippen LogP contribution in [0.5, 0.6) is 0 Å². The molecule has 1 fully saturated rings. The maximum absolute atomic E-state index is 13.2. The fourth-order valence-electron chi connectivity index (χ4n) is 4.44. The molecule has 0 saturated carbocycles. The smallest absolute Gasteiger partial charge is 0.273 e. The van der Waals surface area contributed by atoms with Gasteiger partial charge in [0.05, 0.1) is 4.92 Å². The van der Waals surface area contributed by atoms with E-state index in [9.17, 15) is 14.9 Å². The van der Waals surface area contributed by atoms with Crippen molar-refractivity contribution >= 4 is 17.4 Å². The van der Waals surface area contributed by atoms with Crippen LogP contribution < -0.4 is 4.90 Å². The van der Waals surface area contributed by atoms with Crippen molar-refractivity contribution in [1.29, 1.82) is 0 Å². The fourth-order valence-corrected chi connectivity index (χ4v) is 4.44. The molecular formula is C26H29N5O3. The van der Waals surface area contributed by atoms with Crippen molar-refractivity contribution in [1.82, 2.24) is 14.9 Å². The summed E-state index contributed by atoms with van der Waals surface area (Å²) in [6.07, 6.45) is 1.53. The van der Waals surface area contributed by atoms with Crippen molar-refractivity contribution in [3.05, 3.63) is 92.4 Å². The Labute approximate surface area is 199 Å². The number of nitrogens with zero attached hydrogens (tertiary/aromatic N) is 5. The monoisotopic (exact) mass is 459 g/mol. The zero-order valence-corrected chi connectivity index (χ0v) is 19.8. The summed E-state index contributed by atoms with van der Waals surface area (Å²) in [5, 5.41) is 11.3. The lowest BCUT2D eigenvalue weighted by molar-refractivity contribution is -0.385. The minimum atomic E-state index is -0.440. The zero-order valence-electron chi connectivity index (χ0n) is 19.8. The van der Waals surface area contributed by atoms with Crippen molar-refractivity contribution in [2.45, 2.75) is 33.6 Å². The molecule has 0 unspecified atom stereocenters. The molecular weight excluding hydrogens is 430 g/mol. The van der Waals surface area contributed by atoms with Crippen LogP contribution in [0.4, 0.5) is 11.5 Å². The molecule has 3 aromatic rings. The first-order chi connectivity index (χ1) is 16.3. The quantitative estimate of drug-likeness (QED) is 0.418. The van der Waals surface area contributed by atoms with Crippen molar-refractivity contribution in [2.75, 3.05) is 31.1 Å². The molecule has 0 N–H and O–H groups in total. The van der Waals surface area contributed by atoms with Gasteiger partial charge in [-0.05, 0) is 38.8 Å². The predicted molar refractivity (Wildman–Crippen MR) is 131 cm³/mol. The first kappa shape index (κ1) is 23.4. The standard InChI is InChI=1S/C26H29N5O3/c1-18-10-11-22(17-24(18)31(33)34)26(32)30-13-7-12-29(14-15-30)25-23(19(2)27-20(3)28-25)16-21-8-5-4-6-9-21/h4-6,8-11,17H,7,12-16H2,1-3H3. The van der Waals surface area contributed by atoms with Crippen molar-refractivity contribution in [3.8, 4) is 0 Å². The van der Waals surface area contributed by atoms with Crippen LogP contribution in [0.3, 0.4) is 0 Å². The SMILES string of the molecule is Cc1nc(C)c(Cc2ccccc2)c(N2CCCN(C(=O)c3ccc(C)c([N+](=O)[O-])c3)CC2)n1. The summed E-state index contributed by atoms with van der Waals surface area (Å²) < 4.78 is 0. The van der Waals surface area contributed by atoms with E-state index in [1.54, 1.807) is 24.0 Å². The van der Waals surface area contributed by atoms with Gasteiger partial charge in [-0.3, -0.25) is 14.9 Å². The number of benzene rings is 2. The molecule has 34 heavy (non-hydrogen) atoms. The van der Waals surface area contributed by atoms with Crippen LogP contribution >= 0.6 is 0 Å². The average molecular weight is 460 g/mol. The van der Waals surface area contributed by atoms with Crippen LogP contribution in [0.1, 0.15) is 45.0 Å². The second kappa shape index (κ2) is 9.99. The lowest BCUT2D eigenvalue weighted by Gasteiger charge is -2.26. The molecule has 1 amide bonds. The van der Waals surface area contributed by atoms with Gasteiger partial charge >= 0.3 is 0 Å². The van der Waals surface area contributed by atoms with Gasteiger partial charge in [0.15, 0.2) is 0 Å². The van der Waals surface area contributed by atoms with Gasteiger partial charge in [0, 0.05) is 61.1 Å². The van der Waals surface area contributed by atoms with E-state index in [2.05, 4.69) is 22.0 Å². The molecule has 1 aliphatic heterocycles. The number of aryl methyl sites for hydroxylation is 3. The molecule has 0 bridgehead atoms. The van der Waals surface area contributed by atoms with Crippen LogP contribution in [-0.2, 0) is 6.42 Å². The molecule has 1 aliphatic rings. The van der Waals surface area contributed by atoms with Gasteiger partial charge in [-0.15, -0.1) is 0 Å². The molecule has 8 nitrogen and oxygen atoms in total. The third kappa shape index (κ3) is 5.06. The van der Waals surface area contributed by atoms with Crippen molar-refractivity contribution < 1.29 is 9.72 Å². The van der Waals surface area contributed by atoms with Gasteiger partial charge in [-0.2, -0.15) is 0 Å². The number of rotatable bonds is 5. The lowest BCUT2D eigenvalue weighted by atomic mass is 10.0. The first-order valence-corrected chi connectivity index (χ1v) is 11.5. The van der Waals surface area contributed by atoms with E-state index >= 15 is 0 Å². The van der Waals surface area contributed by atoms with Gasteiger partial charge in [-0.25, -0.2) is 9.97 Å². The zero-order chi connectivity index (χ0) is 24.2. The average Bonchev–Trinajstić information content (AvgIpc) is 3.07. The molecule has 1 aromatic heterocycles. The van der Waals surface area contributed by atoms with Crippen molar-refractivity contribution in [3.63, 3.8) is 0 Å². The molecule has 0 radical (unpaired) electrons. The predicted octanol–water partition coefficient (Wildman–Crippen LogP) is 4.25. The Bertz CT molecular complexity index is 1210. The van der Waals surface area contributed by atoms with Crippen LogP contribution in [0.25, 0.3) is 0 Å². The van der Waals surface area contributed by atoms with Crippen molar-refractivity contribution in [2.24, 2.45) is 0 Å². The van der Waals surface area contributed by atoms with E-state index in [1.165, 1.54) is 11.6 Å². The number of anilines is 1. The second-order valence-electron chi connectivity index (χ2n) is 8.71. The number of nitro groups is 1. The molecule has 0 spiro atoms. The Hall–Kier alpha value is -3.81. The third-order valence-corrected chi connectivity index (χ3v) is 6.26. The Balaban J connectivity index is 1.55. The highest BCUT2D eigenvalue weighted by molar-refractivity contribution is 5.95. The van der Waals surface area contributed by atoms with E-state index < -0.39 is 4.92 Å². The number of nitro benzene ring substituents is 1. The maximum atomic E-state index is 13.2. The van der Waals surface area contributed by atoms with E-state index in [0.29, 0.717) is 30.8 Å². The highest BCUT2D eigenvalue weighted by Gasteiger charge is 2.25. The molecule has 2 heterocycles. The summed E-state index contributed by atoms with van der Waals surface area (Å²) in [7, 11) is 0. The van der Waals surface area contributed by atoms with E-state index in [-0.39, 0.29) is 11.6 Å². The minimum absolute atomic E-state index is 0.0280. The maximum Gasteiger partial charge on any atom is 0.273 e. The van der Waals surface area contributed by atoms with Gasteiger partial charge in [0.25, 0.3) is 11.6 Å². The molecule has 0 aliphatic carbocycles. The molecule has 1 saturated heterocycles. The van der Waals surface area contributed by atoms with Gasteiger partial charge in [0.1, 0.15) is 11.6 Å². The Morgan fingerprint density at radius 3 is 2.50 bits per heavy atom. The summed E-state index contributed by atoms with van der Waals surface area (Å²) in [6, 6.07) is 15.0. The summed E-state index contributed by atoms with van der Waals surface area (Å²) in [6.45, 7) is 8.12. The largest absolute Gasteiger partial charge is 0.354 e. The minimum Gasteiger partial charge on any atom is -0.354 e. The number of hydrogen-bond donors (Lipinski definition) is 0. The normalized spacial score (nSPS) is 14.1. The summed E-state index contributed by atoms with van der Waals surface area (Å²) in [4.78, 5) is 37.5. The first-order valence-electron chi connectivity index (χ1n) is 11.5. The number of aromatic nitrogens is 2. The second-order valence-corrected chi connectivity index (χ2v) is 8.71. The molecule has 2 aromatic carbocycles. The summed E-state index contributed by atoms with van der Waals surface area (Å²) >= 11 is 0. The molecule has 176 valence electrons. The van der Waals surface area contributed by atoms with E-state index in [1.807, 2.05) is 32.0 Å². The van der Waals surface area contributed by atoms with Crippen LogP contribution in [-0.4, -0.2) is 51.9 Å². The van der Waals surface area contributed by atoms with Crippen LogP contribution in [0, 0.1) is 30.9 Å². The third-order valence-electron chi connectivity index (χ3n) is 6.26. The topological polar surface area (TPSA) is 92.5 Å². The van der Waals surface area contributed by atoms with E-state index in [4.69, 9.17) is 4.98 Å². The Morgan fingerprint density at radius 1 is 1.00 bits per heavy atom. The highest BCUT2D eigenvalue weighted by Crippen LogP contribution is 2.26. The Morgan fingerprint density at radius 2 is 1.76 bits per heavy atom. The Kier molecular flexibility index (Phi) is 6.86. The fraction of sp³-hybridized carbons (Fsp3) is 0.346. The molecule has 8 heteroatoms. The van der Waals surface area contributed by atoms with Gasteiger partial charge in [-0.1, -0.05) is 36.4 Å². The summed E-state index contributed by atoms with van der Waals surface area (Å²) in [5.74, 6) is 1.48. The number of amides is 1. The highest BCUT2D eigenvalue weighted by atomic mass is 16.6. The van der Waals surface area contributed by atoms with E-state index in [0.717, 1.165) is 42.3 Å². The number of carbonyl (C=O) groups is 1. The number of hydrogen-bond acceptors (Lipinski definition) is 6.